The maximum Gasteiger partial charge on any atom is 0.409 e. The van der Waals surface area contributed by atoms with Gasteiger partial charge in [-0.2, -0.15) is 13.2 Å². The third-order valence-electron chi connectivity index (χ3n) is 5.56. The SMILES string of the molecule is CCCCCCCCc1ccc2c([C@H](N3CCC(=O)N3)C(F)(F)F)cccc2c1. The number of hydrogen-bond acceptors (Lipinski definition) is 2. The number of carbonyl (C=O) groups is 1. The van der Waals surface area contributed by atoms with E-state index in [4.69, 9.17) is 0 Å². The molecular formula is C23H29F3N2O. The largest absolute Gasteiger partial charge is 0.409 e. The molecule has 0 radical (unpaired) electrons. The molecule has 29 heavy (non-hydrogen) atoms. The topological polar surface area (TPSA) is 32.3 Å². The maximum absolute atomic E-state index is 13.9. The van der Waals surface area contributed by atoms with Crippen LogP contribution in [0.3, 0.4) is 0 Å². The first kappa shape index (κ1) is 21.6. The maximum atomic E-state index is 13.9. The first-order valence-corrected chi connectivity index (χ1v) is 10.5. The van der Waals surface area contributed by atoms with Gasteiger partial charge in [-0.15, -0.1) is 0 Å². The highest BCUT2D eigenvalue weighted by molar-refractivity contribution is 5.87. The van der Waals surface area contributed by atoms with E-state index in [2.05, 4.69) is 12.3 Å². The average molecular weight is 406 g/mol. The molecule has 1 fully saturated rings. The average Bonchev–Trinajstić information content (AvgIpc) is 3.09. The molecule has 0 bridgehead atoms. The quantitative estimate of drug-likeness (QED) is 0.512. The van der Waals surface area contributed by atoms with Gasteiger partial charge in [-0.3, -0.25) is 10.2 Å². The van der Waals surface area contributed by atoms with Crippen LogP contribution in [0.25, 0.3) is 10.8 Å². The van der Waals surface area contributed by atoms with Crippen molar-refractivity contribution in [2.45, 2.75) is 70.5 Å². The molecule has 0 saturated carbocycles. The van der Waals surface area contributed by atoms with Crippen molar-refractivity contribution in [1.82, 2.24) is 10.4 Å². The minimum absolute atomic E-state index is 0.0511. The molecule has 1 atom stereocenters. The molecule has 0 spiro atoms. The van der Waals surface area contributed by atoms with E-state index in [1.165, 1.54) is 38.2 Å². The number of unbranched alkanes of at least 4 members (excludes halogenated alkanes) is 5. The fraction of sp³-hybridized carbons (Fsp3) is 0.522. The van der Waals surface area contributed by atoms with Crippen molar-refractivity contribution in [2.75, 3.05) is 6.54 Å². The predicted octanol–water partition coefficient (Wildman–Crippen LogP) is 6.08. The van der Waals surface area contributed by atoms with Gasteiger partial charge in [-0.25, -0.2) is 5.01 Å². The molecule has 1 saturated heterocycles. The van der Waals surface area contributed by atoms with E-state index in [9.17, 15) is 18.0 Å². The third-order valence-corrected chi connectivity index (χ3v) is 5.56. The zero-order chi connectivity index (χ0) is 20.9. The number of aryl methyl sites for hydroxylation is 1. The first-order chi connectivity index (χ1) is 13.9. The highest BCUT2D eigenvalue weighted by Crippen LogP contribution is 2.40. The highest BCUT2D eigenvalue weighted by Gasteiger charge is 2.47. The molecule has 1 aliphatic rings. The van der Waals surface area contributed by atoms with Crippen LogP contribution in [0.4, 0.5) is 13.2 Å². The van der Waals surface area contributed by atoms with Crippen LogP contribution < -0.4 is 5.43 Å². The van der Waals surface area contributed by atoms with Crippen LogP contribution >= 0.6 is 0 Å². The molecule has 3 rings (SSSR count). The van der Waals surface area contributed by atoms with Gasteiger partial charge in [-0.1, -0.05) is 75.4 Å². The molecule has 1 aliphatic heterocycles. The van der Waals surface area contributed by atoms with Crippen LogP contribution in [0.15, 0.2) is 36.4 Å². The number of alkyl halides is 3. The summed E-state index contributed by atoms with van der Waals surface area (Å²) < 4.78 is 41.7. The van der Waals surface area contributed by atoms with Crippen LogP contribution in [-0.2, 0) is 11.2 Å². The number of fused-ring (bicyclic) bond motifs is 1. The van der Waals surface area contributed by atoms with Crippen molar-refractivity contribution in [1.29, 1.82) is 0 Å². The number of benzene rings is 2. The number of halogens is 3. The lowest BCUT2D eigenvalue weighted by molar-refractivity contribution is -0.190. The van der Waals surface area contributed by atoms with Gasteiger partial charge in [0.1, 0.15) is 0 Å². The van der Waals surface area contributed by atoms with Gasteiger partial charge in [0.2, 0.25) is 5.91 Å². The van der Waals surface area contributed by atoms with E-state index in [1.54, 1.807) is 12.1 Å². The Balaban J connectivity index is 1.79. The van der Waals surface area contributed by atoms with Gasteiger partial charge < -0.3 is 0 Å². The van der Waals surface area contributed by atoms with Gasteiger partial charge >= 0.3 is 6.18 Å². The van der Waals surface area contributed by atoms with E-state index in [0.717, 1.165) is 28.8 Å². The van der Waals surface area contributed by atoms with Gasteiger partial charge in [0.05, 0.1) is 0 Å². The number of nitrogens with one attached hydrogen (secondary N) is 1. The molecule has 1 amide bonds. The zero-order valence-corrected chi connectivity index (χ0v) is 16.9. The fourth-order valence-electron chi connectivity index (χ4n) is 4.07. The molecule has 1 N–H and O–H groups in total. The summed E-state index contributed by atoms with van der Waals surface area (Å²) in [5.41, 5.74) is 3.70. The molecule has 2 aromatic carbocycles. The monoisotopic (exact) mass is 406 g/mol. The van der Waals surface area contributed by atoms with Crippen LogP contribution in [-0.4, -0.2) is 23.6 Å². The minimum Gasteiger partial charge on any atom is -0.288 e. The molecule has 0 aromatic heterocycles. The molecule has 6 heteroatoms. The fourth-order valence-corrected chi connectivity index (χ4v) is 4.07. The second-order valence-electron chi connectivity index (χ2n) is 7.84. The molecule has 0 unspecified atom stereocenters. The predicted molar refractivity (Wildman–Crippen MR) is 109 cm³/mol. The standard InChI is InChI=1S/C23H29F3N2O/c1-2-3-4-5-6-7-9-17-12-13-19-18(16-17)10-8-11-20(19)22(23(24,25)26)28-15-14-21(29)27-28/h8,10-13,16,22H,2-7,9,14-15H2,1H3,(H,27,29)/t22-/m0/s1. The Morgan fingerprint density at radius 1 is 1.07 bits per heavy atom. The summed E-state index contributed by atoms with van der Waals surface area (Å²) in [6.45, 7) is 2.25. The lowest BCUT2D eigenvalue weighted by Gasteiger charge is -2.30. The lowest BCUT2D eigenvalue weighted by atomic mass is 9.95. The number of hydrazine groups is 1. The molecule has 158 valence electrons. The molecule has 1 heterocycles. The first-order valence-electron chi connectivity index (χ1n) is 10.5. The van der Waals surface area contributed by atoms with Gasteiger partial charge in [0, 0.05) is 13.0 Å². The van der Waals surface area contributed by atoms with Gasteiger partial charge in [0.25, 0.3) is 0 Å². The number of nitrogens with zero attached hydrogens (tertiary/aromatic N) is 1. The lowest BCUT2D eigenvalue weighted by Crippen LogP contribution is -2.43. The Hall–Kier alpha value is -2.08. The van der Waals surface area contributed by atoms with E-state index in [1.807, 2.05) is 18.2 Å². The number of carbonyl (C=O) groups excluding carboxylic acids is 1. The van der Waals surface area contributed by atoms with Crippen molar-refractivity contribution in [3.8, 4) is 0 Å². The van der Waals surface area contributed by atoms with Crippen molar-refractivity contribution >= 4 is 16.7 Å². The van der Waals surface area contributed by atoms with Crippen LogP contribution in [0.1, 0.15) is 69.0 Å². The second kappa shape index (κ2) is 9.61. The molecule has 3 nitrogen and oxygen atoms in total. The normalized spacial score (nSPS) is 16.3. The summed E-state index contributed by atoms with van der Waals surface area (Å²) in [6, 6.07) is 8.94. The van der Waals surface area contributed by atoms with Crippen LogP contribution in [0.5, 0.6) is 0 Å². The zero-order valence-electron chi connectivity index (χ0n) is 16.9. The van der Waals surface area contributed by atoms with E-state index < -0.39 is 12.2 Å². The number of rotatable bonds is 9. The Morgan fingerprint density at radius 2 is 1.83 bits per heavy atom. The summed E-state index contributed by atoms with van der Waals surface area (Å²) >= 11 is 0. The molecular weight excluding hydrogens is 377 g/mol. The van der Waals surface area contributed by atoms with E-state index in [0.29, 0.717) is 5.39 Å². The minimum atomic E-state index is -4.48. The van der Waals surface area contributed by atoms with Crippen molar-refractivity contribution in [2.24, 2.45) is 0 Å². The number of hydrogen-bond donors (Lipinski definition) is 1. The second-order valence-corrected chi connectivity index (χ2v) is 7.84. The van der Waals surface area contributed by atoms with Crippen molar-refractivity contribution in [3.05, 3.63) is 47.5 Å². The van der Waals surface area contributed by atoms with E-state index >= 15 is 0 Å². The summed E-state index contributed by atoms with van der Waals surface area (Å²) in [7, 11) is 0. The smallest absolute Gasteiger partial charge is 0.288 e. The van der Waals surface area contributed by atoms with Gasteiger partial charge in [0.15, 0.2) is 6.04 Å². The van der Waals surface area contributed by atoms with Crippen LogP contribution in [0.2, 0.25) is 0 Å². The summed E-state index contributed by atoms with van der Waals surface area (Å²) in [4.78, 5) is 11.5. The number of amides is 1. The summed E-state index contributed by atoms with van der Waals surface area (Å²) in [5.74, 6) is -0.374. The van der Waals surface area contributed by atoms with Crippen LogP contribution in [0, 0.1) is 0 Å². The molecule has 0 aliphatic carbocycles. The van der Waals surface area contributed by atoms with Crippen molar-refractivity contribution in [3.63, 3.8) is 0 Å². The Bertz CT molecular complexity index is 834. The summed E-state index contributed by atoms with van der Waals surface area (Å²) in [5, 5.41) is 2.41. The third kappa shape index (κ3) is 5.50. The highest BCUT2D eigenvalue weighted by atomic mass is 19.4. The summed E-state index contributed by atoms with van der Waals surface area (Å²) in [6.07, 6.45) is 3.83. The Kier molecular flexibility index (Phi) is 7.17. The Labute approximate surface area is 170 Å². The van der Waals surface area contributed by atoms with Crippen molar-refractivity contribution < 1.29 is 18.0 Å². The van der Waals surface area contributed by atoms with Gasteiger partial charge in [-0.05, 0) is 34.7 Å². The van der Waals surface area contributed by atoms with E-state index in [-0.39, 0.29) is 24.4 Å². The molecule has 2 aromatic rings. The Morgan fingerprint density at radius 3 is 2.52 bits per heavy atom.